The maximum absolute atomic E-state index is 12.5. The Morgan fingerprint density at radius 3 is 2.75 bits per heavy atom. The minimum atomic E-state index is -0.761. The predicted octanol–water partition coefficient (Wildman–Crippen LogP) is 1.91. The fourth-order valence-corrected chi connectivity index (χ4v) is 2.86. The van der Waals surface area contributed by atoms with Crippen molar-refractivity contribution in [2.24, 2.45) is 0 Å². The van der Waals surface area contributed by atoms with Crippen molar-refractivity contribution >= 4 is 5.91 Å². The fraction of sp³-hybridized carbons (Fsp3) is 0.200. The minimum absolute atomic E-state index is 0.181. The number of aromatic nitrogens is 3. The Bertz CT molecular complexity index is 1070. The number of fused-ring (bicyclic) bond motifs is 1. The van der Waals surface area contributed by atoms with Crippen LogP contribution in [0, 0.1) is 0 Å². The second kappa shape index (κ2) is 7.51. The Balaban J connectivity index is 1.54. The molecule has 4 rings (SSSR count). The van der Waals surface area contributed by atoms with Gasteiger partial charge in [0.15, 0.2) is 11.5 Å². The van der Waals surface area contributed by atoms with E-state index >= 15 is 0 Å². The molecule has 0 bridgehead atoms. The van der Waals surface area contributed by atoms with E-state index in [0.717, 1.165) is 11.1 Å². The molecular weight excluding hydrogens is 360 g/mol. The van der Waals surface area contributed by atoms with Crippen LogP contribution in [-0.2, 0) is 11.3 Å². The van der Waals surface area contributed by atoms with Gasteiger partial charge >= 0.3 is 0 Å². The number of nitrogens with one attached hydrogen (secondary N) is 1. The SMILES string of the molecule is CC(C(=O)NCc1ccncc1)n1nc(-c2ccc3c(c2)OCO3)ccc1=O. The van der Waals surface area contributed by atoms with Crippen molar-refractivity contribution in [1.29, 1.82) is 0 Å². The lowest BCUT2D eigenvalue weighted by Crippen LogP contribution is -2.36. The smallest absolute Gasteiger partial charge is 0.267 e. The van der Waals surface area contributed by atoms with Crippen LogP contribution < -0.4 is 20.3 Å². The molecule has 1 aliphatic heterocycles. The molecule has 8 nitrogen and oxygen atoms in total. The lowest BCUT2D eigenvalue weighted by atomic mass is 10.1. The van der Waals surface area contributed by atoms with Gasteiger partial charge < -0.3 is 14.8 Å². The van der Waals surface area contributed by atoms with Gasteiger partial charge in [-0.05, 0) is 48.9 Å². The van der Waals surface area contributed by atoms with Crippen LogP contribution in [0.3, 0.4) is 0 Å². The van der Waals surface area contributed by atoms with E-state index in [0.29, 0.717) is 23.7 Å². The van der Waals surface area contributed by atoms with Crippen LogP contribution in [0.5, 0.6) is 11.5 Å². The largest absolute Gasteiger partial charge is 0.454 e. The molecule has 1 unspecified atom stereocenters. The first-order valence-corrected chi connectivity index (χ1v) is 8.78. The summed E-state index contributed by atoms with van der Waals surface area (Å²) >= 11 is 0. The first-order valence-electron chi connectivity index (χ1n) is 8.78. The summed E-state index contributed by atoms with van der Waals surface area (Å²) in [5.74, 6) is 0.996. The Labute approximate surface area is 160 Å². The molecule has 3 aromatic rings. The van der Waals surface area contributed by atoms with Crippen molar-refractivity contribution in [2.75, 3.05) is 6.79 Å². The number of ether oxygens (including phenoxy) is 2. The van der Waals surface area contributed by atoms with Crippen LogP contribution in [0.2, 0.25) is 0 Å². The molecule has 1 amide bonds. The highest BCUT2D eigenvalue weighted by Gasteiger charge is 2.19. The van der Waals surface area contributed by atoms with Crippen molar-refractivity contribution in [2.45, 2.75) is 19.5 Å². The summed E-state index contributed by atoms with van der Waals surface area (Å²) in [5, 5.41) is 7.20. The lowest BCUT2D eigenvalue weighted by molar-refractivity contribution is -0.124. The van der Waals surface area contributed by atoms with Crippen LogP contribution in [0.15, 0.2) is 59.7 Å². The quantitative estimate of drug-likeness (QED) is 0.729. The molecule has 2 aromatic heterocycles. The Morgan fingerprint density at radius 2 is 1.93 bits per heavy atom. The van der Waals surface area contributed by atoms with Crippen LogP contribution >= 0.6 is 0 Å². The average Bonchev–Trinajstić information content (AvgIpc) is 3.20. The molecule has 0 spiro atoms. The number of carbonyl (C=O) groups excluding carboxylic acids is 1. The second-order valence-corrected chi connectivity index (χ2v) is 6.32. The van der Waals surface area contributed by atoms with Gasteiger partial charge in [-0.3, -0.25) is 14.6 Å². The molecular formula is C20H18N4O4. The van der Waals surface area contributed by atoms with E-state index in [1.807, 2.05) is 18.2 Å². The molecule has 1 N–H and O–H groups in total. The topological polar surface area (TPSA) is 95.3 Å². The zero-order valence-electron chi connectivity index (χ0n) is 15.2. The monoisotopic (exact) mass is 378 g/mol. The number of nitrogens with zero attached hydrogens (tertiary/aromatic N) is 3. The van der Waals surface area contributed by atoms with Crippen molar-refractivity contribution in [3.05, 3.63) is 70.8 Å². The number of carbonyl (C=O) groups is 1. The van der Waals surface area contributed by atoms with Crippen LogP contribution in [-0.4, -0.2) is 27.5 Å². The van der Waals surface area contributed by atoms with E-state index in [2.05, 4.69) is 15.4 Å². The van der Waals surface area contributed by atoms with Gasteiger partial charge in [0.05, 0.1) is 5.69 Å². The fourth-order valence-electron chi connectivity index (χ4n) is 2.86. The summed E-state index contributed by atoms with van der Waals surface area (Å²) in [6, 6.07) is 11.3. The molecule has 8 heteroatoms. The Kier molecular flexibility index (Phi) is 4.76. The molecule has 142 valence electrons. The predicted molar refractivity (Wildman–Crippen MR) is 101 cm³/mol. The van der Waals surface area contributed by atoms with Crippen molar-refractivity contribution in [3.63, 3.8) is 0 Å². The second-order valence-electron chi connectivity index (χ2n) is 6.32. The van der Waals surface area contributed by atoms with Crippen LogP contribution in [0.25, 0.3) is 11.3 Å². The summed E-state index contributed by atoms with van der Waals surface area (Å²) in [7, 11) is 0. The first-order chi connectivity index (χ1) is 13.6. The van der Waals surface area contributed by atoms with Crippen molar-refractivity contribution < 1.29 is 14.3 Å². The van der Waals surface area contributed by atoms with Crippen LogP contribution in [0.4, 0.5) is 0 Å². The van der Waals surface area contributed by atoms with Gasteiger partial charge in [-0.15, -0.1) is 0 Å². The van der Waals surface area contributed by atoms with Crippen molar-refractivity contribution in [1.82, 2.24) is 20.1 Å². The van der Waals surface area contributed by atoms with E-state index in [9.17, 15) is 9.59 Å². The third kappa shape index (κ3) is 3.57. The number of hydrogen-bond acceptors (Lipinski definition) is 6. The molecule has 1 atom stereocenters. The van der Waals surface area contributed by atoms with Gasteiger partial charge in [0.1, 0.15) is 6.04 Å². The summed E-state index contributed by atoms with van der Waals surface area (Å²) in [4.78, 5) is 28.7. The number of rotatable bonds is 5. The van der Waals surface area contributed by atoms with E-state index in [1.165, 1.54) is 10.7 Å². The highest BCUT2D eigenvalue weighted by molar-refractivity contribution is 5.79. The van der Waals surface area contributed by atoms with E-state index in [-0.39, 0.29) is 18.3 Å². The molecule has 1 aromatic carbocycles. The van der Waals surface area contributed by atoms with Crippen LogP contribution in [0.1, 0.15) is 18.5 Å². The van der Waals surface area contributed by atoms with Gasteiger partial charge in [0, 0.05) is 30.6 Å². The number of pyridine rings is 1. The highest BCUT2D eigenvalue weighted by atomic mass is 16.7. The van der Waals surface area contributed by atoms with Gasteiger partial charge in [0.25, 0.3) is 5.56 Å². The van der Waals surface area contributed by atoms with Gasteiger partial charge in [-0.2, -0.15) is 5.10 Å². The molecule has 0 saturated heterocycles. The number of benzene rings is 1. The minimum Gasteiger partial charge on any atom is -0.454 e. The molecule has 3 heterocycles. The van der Waals surface area contributed by atoms with E-state index in [1.54, 1.807) is 37.5 Å². The van der Waals surface area contributed by atoms with Gasteiger partial charge in [-0.1, -0.05) is 0 Å². The average molecular weight is 378 g/mol. The Hall–Kier alpha value is -3.68. The maximum Gasteiger partial charge on any atom is 0.267 e. The molecule has 1 aliphatic rings. The van der Waals surface area contributed by atoms with Gasteiger partial charge in [0.2, 0.25) is 12.7 Å². The zero-order chi connectivity index (χ0) is 19.5. The summed E-state index contributed by atoms with van der Waals surface area (Å²) in [6.45, 7) is 2.17. The lowest BCUT2D eigenvalue weighted by Gasteiger charge is -2.15. The number of amides is 1. The molecule has 0 fully saturated rings. The summed E-state index contributed by atoms with van der Waals surface area (Å²) in [5.41, 5.74) is 1.90. The van der Waals surface area contributed by atoms with Crippen molar-refractivity contribution in [3.8, 4) is 22.8 Å². The summed E-state index contributed by atoms with van der Waals surface area (Å²) < 4.78 is 11.9. The first kappa shape index (κ1) is 17.7. The highest BCUT2D eigenvalue weighted by Crippen LogP contribution is 2.35. The Morgan fingerprint density at radius 1 is 1.14 bits per heavy atom. The normalized spacial score (nSPS) is 13.2. The third-order valence-electron chi connectivity index (χ3n) is 4.46. The summed E-state index contributed by atoms with van der Waals surface area (Å²) in [6.07, 6.45) is 3.32. The third-order valence-corrected chi connectivity index (χ3v) is 4.46. The molecule has 0 radical (unpaired) electrons. The molecule has 0 saturated carbocycles. The molecule has 0 aliphatic carbocycles. The number of hydrogen-bond donors (Lipinski definition) is 1. The maximum atomic E-state index is 12.5. The standard InChI is InChI=1S/C20H18N4O4/c1-13(20(26)22-11-14-6-8-21-9-7-14)24-19(25)5-3-16(23-24)15-2-4-17-18(10-15)28-12-27-17/h2-10,13H,11-12H2,1H3,(H,22,26). The van der Waals surface area contributed by atoms with E-state index < -0.39 is 6.04 Å². The van der Waals surface area contributed by atoms with E-state index in [4.69, 9.17) is 9.47 Å². The van der Waals surface area contributed by atoms with Gasteiger partial charge in [-0.25, -0.2) is 4.68 Å². The molecule has 28 heavy (non-hydrogen) atoms. The zero-order valence-corrected chi connectivity index (χ0v) is 15.2.